The molecule has 0 aromatic rings. The number of carbonyl (C=O) groups is 3. The first kappa shape index (κ1) is 27.9. The van der Waals surface area contributed by atoms with Crippen LogP contribution in [0.3, 0.4) is 0 Å². The van der Waals surface area contributed by atoms with Crippen molar-refractivity contribution in [2.24, 2.45) is 56.7 Å². The third kappa shape index (κ3) is 3.38. The van der Waals surface area contributed by atoms with Crippen LogP contribution in [0.4, 0.5) is 0 Å². The Labute approximate surface area is 229 Å². The molecule has 0 saturated heterocycles. The van der Waals surface area contributed by atoms with Gasteiger partial charge in [-0.05, 0) is 110 Å². The van der Waals surface area contributed by atoms with Crippen LogP contribution in [0.15, 0.2) is 11.6 Å². The quantitative estimate of drug-likeness (QED) is 0.392. The summed E-state index contributed by atoms with van der Waals surface area (Å²) in [5.74, 6) is 0.172. The Bertz CT molecular complexity index is 1080. The van der Waals surface area contributed by atoms with Gasteiger partial charge >= 0.3 is 11.9 Å². The van der Waals surface area contributed by atoms with Gasteiger partial charge in [0.15, 0.2) is 5.78 Å². The first-order valence-electron chi connectivity index (χ1n) is 15.3. The van der Waals surface area contributed by atoms with Crippen molar-refractivity contribution in [2.75, 3.05) is 0 Å². The Hall–Kier alpha value is -1.65. The van der Waals surface area contributed by atoms with Gasteiger partial charge in [-0.2, -0.15) is 0 Å². The molecule has 1 N–H and O–H groups in total. The summed E-state index contributed by atoms with van der Waals surface area (Å²) < 4.78 is 5.78. The van der Waals surface area contributed by atoms with Gasteiger partial charge in [0, 0.05) is 12.3 Å². The molecule has 0 amide bonds. The molecular formula is C33H50O5. The van der Waals surface area contributed by atoms with Crippen LogP contribution in [0, 0.1) is 56.7 Å². The zero-order chi connectivity index (χ0) is 28.1. The lowest BCUT2D eigenvalue weighted by molar-refractivity contribution is -0.221. The Morgan fingerprint density at radius 1 is 0.974 bits per heavy atom. The fraction of sp³-hybridized carbons (Fsp3) is 0.848. The number of hydrogen-bond donors (Lipinski definition) is 1. The molecule has 5 nitrogen and oxygen atoms in total. The van der Waals surface area contributed by atoms with Gasteiger partial charge in [-0.3, -0.25) is 14.4 Å². The average Bonchev–Trinajstić information content (AvgIpc) is 2.84. The van der Waals surface area contributed by atoms with Crippen LogP contribution in [0.1, 0.15) is 113 Å². The van der Waals surface area contributed by atoms with E-state index in [1.54, 1.807) is 13.8 Å². The van der Waals surface area contributed by atoms with Gasteiger partial charge in [0.25, 0.3) is 0 Å². The molecule has 5 rings (SSSR count). The summed E-state index contributed by atoms with van der Waals surface area (Å²) in [6.45, 7) is 17.8. The van der Waals surface area contributed by atoms with Crippen molar-refractivity contribution in [3.8, 4) is 0 Å². The van der Waals surface area contributed by atoms with Crippen molar-refractivity contribution >= 4 is 17.7 Å². The molecule has 0 aromatic carbocycles. The molecule has 0 aliphatic heterocycles. The number of allylic oxidation sites excluding steroid dienone is 2. The summed E-state index contributed by atoms with van der Waals surface area (Å²) in [4.78, 5) is 39.6. The third-order valence-corrected chi connectivity index (χ3v) is 13.8. The highest BCUT2D eigenvalue weighted by Gasteiger charge is 2.72. The van der Waals surface area contributed by atoms with E-state index in [0.717, 1.165) is 19.3 Å². The minimum atomic E-state index is -1.21. The van der Waals surface area contributed by atoms with Crippen molar-refractivity contribution in [1.29, 1.82) is 0 Å². The summed E-state index contributed by atoms with van der Waals surface area (Å²) in [6.07, 6.45) is 9.22. The van der Waals surface area contributed by atoms with Crippen LogP contribution in [0.25, 0.3) is 0 Å². The number of ether oxygens (including phenoxy) is 1. The van der Waals surface area contributed by atoms with E-state index in [1.807, 2.05) is 0 Å². The zero-order valence-electron chi connectivity index (χ0n) is 25.0. The second kappa shape index (κ2) is 8.67. The highest BCUT2D eigenvalue weighted by atomic mass is 16.5. The normalized spacial score (nSPS) is 52.0. The van der Waals surface area contributed by atoms with E-state index >= 15 is 0 Å². The Kier molecular flexibility index (Phi) is 6.37. The van der Waals surface area contributed by atoms with Gasteiger partial charge in [0.05, 0.1) is 0 Å². The Balaban J connectivity index is 1.60. The fourth-order valence-electron chi connectivity index (χ4n) is 11.1. The SMILES string of the molecule is CCC(=O)O[C@@H]1CC[C@@]2(C)[C@@H](CC[C@]3(C)[C@@H]2C(=O)C=C2[C@@H]4[C@@H](C)[C@H](C)CC[C@]4(C)CC[C@]23C)[C@@]1(C)C(=O)O. The van der Waals surface area contributed by atoms with Crippen molar-refractivity contribution in [2.45, 2.75) is 119 Å². The van der Waals surface area contributed by atoms with Crippen LogP contribution in [-0.2, 0) is 19.1 Å². The summed E-state index contributed by atoms with van der Waals surface area (Å²) in [5, 5.41) is 10.6. The number of carboxylic acids is 1. The summed E-state index contributed by atoms with van der Waals surface area (Å²) in [7, 11) is 0. The number of esters is 1. The second-order valence-corrected chi connectivity index (χ2v) is 15.2. The molecule has 4 fully saturated rings. The average molecular weight is 527 g/mol. The lowest BCUT2D eigenvalue weighted by Gasteiger charge is -2.70. The molecule has 38 heavy (non-hydrogen) atoms. The maximum absolute atomic E-state index is 14.4. The van der Waals surface area contributed by atoms with Gasteiger partial charge in [-0.25, -0.2) is 0 Å². The standard InChI is InChI=1S/C33H50O5/c1-9-25(35)38-24-12-14-30(5)23(33(24,8)28(36)37)11-15-32(7)27(30)22(34)18-21-26-20(3)19(2)10-13-29(26,4)16-17-31(21,32)6/h18-20,23-24,26-27H,9-17H2,1-8H3,(H,36,37)/t19-,20+,23-,24-,26+,27-,29-,30+,31-,32-,33-/m1/s1. The van der Waals surface area contributed by atoms with Crippen LogP contribution >= 0.6 is 0 Å². The van der Waals surface area contributed by atoms with E-state index in [9.17, 15) is 19.5 Å². The van der Waals surface area contributed by atoms with E-state index < -0.39 is 22.9 Å². The molecule has 5 aliphatic carbocycles. The predicted molar refractivity (Wildman–Crippen MR) is 147 cm³/mol. The molecule has 0 unspecified atom stereocenters. The topological polar surface area (TPSA) is 80.7 Å². The van der Waals surface area contributed by atoms with E-state index in [1.165, 1.54) is 24.8 Å². The maximum Gasteiger partial charge on any atom is 0.313 e. The summed E-state index contributed by atoms with van der Waals surface area (Å²) >= 11 is 0. The molecule has 0 bridgehead atoms. The molecule has 11 atom stereocenters. The van der Waals surface area contributed by atoms with E-state index in [-0.39, 0.29) is 46.3 Å². The summed E-state index contributed by atoms with van der Waals surface area (Å²) in [5.41, 5.74) is -0.284. The lowest BCUT2D eigenvalue weighted by Crippen LogP contribution is -2.68. The van der Waals surface area contributed by atoms with Crippen molar-refractivity contribution in [3.05, 3.63) is 11.6 Å². The van der Waals surface area contributed by atoms with Gasteiger partial charge in [-0.15, -0.1) is 0 Å². The van der Waals surface area contributed by atoms with Gasteiger partial charge in [0.2, 0.25) is 0 Å². The minimum Gasteiger partial charge on any atom is -0.481 e. The molecule has 212 valence electrons. The van der Waals surface area contributed by atoms with E-state index in [0.29, 0.717) is 30.6 Å². The number of aliphatic carboxylic acids is 1. The fourth-order valence-corrected chi connectivity index (χ4v) is 11.1. The van der Waals surface area contributed by atoms with Crippen LogP contribution < -0.4 is 0 Å². The minimum absolute atomic E-state index is 0.0692. The first-order chi connectivity index (χ1) is 17.6. The smallest absolute Gasteiger partial charge is 0.313 e. The highest BCUT2D eigenvalue weighted by molar-refractivity contribution is 5.96. The molecule has 0 heterocycles. The van der Waals surface area contributed by atoms with E-state index in [2.05, 4.69) is 47.6 Å². The van der Waals surface area contributed by atoms with Gasteiger partial charge < -0.3 is 9.84 Å². The third-order valence-electron chi connectivity index (χ3n) is 13.8. The number of fused-ring (bicyclic) bond motifs is 7. The molecule has 4 saturated carbocycles. The van der Waals surface area contributed by atoms with Crippen molar-refractivity contribution < 1.29 is 24.2 Å². The number of ketones is 1. The predicted octanol–water partition coefficient (Wildman–Crippen LogP) is 7.23. The van der Waals surface area contributed by atoms with Crippen LogP contribution in [0.5, 0.6) is 0 Å². The van der Waals surface area contributed by atoms with Crippen LogP contribution in [-0.4, -0.2) is 28.9 Å². The van der Waals surface area contributed by atoms with Gasteiger partial charge in [-0.1, -0.05) is 54.0 Å². The molecule has 0 spiro atoms. The molecule has 0 aromatic heterocycles. The second-order valence-electron chi connectivity index (χ2n) is 15.2. The number of carbonyl (C=O) groups excluding carboxylic acids is 2. The largest absolute Gasteiger partial charge is 0.481 e. The molecule has 5 aliphatic rings. The molecule has 0 radical (unpaired) electrons. The highest BCUT2D eigenvalue weighted by Crippen LogP contribution is 2.75. The number of hydrogen-bond acceptors (Lipinski definition) is 4. The molecular weight excluding hydrogens is 476 g/mol. The van der Waals surface area contributed by atoms with Crippen molar-refractivity contribution in [1.82, 2.24) is 0 Å². The Morgan fingerprint density at radius 2 is 1.66 bits per heavy atom. The summed E-state index contributed by atoms with van der Waals surface area (Å²) in [6, 6.07) is 0. The number of rotatable bonds is 3. The van der Waals surface area contributed by atoms with Crippen molar-refractivity contribution in [3.63, 3.8) is 0 Å². The monoisotopic (exact) mass is 526 g/mol. The zero-order valence-corrected chi connectivity index (χ0v) is 25.0. The first-order valence-corrected chi connectivity index (χ1v) is 15.3. The van der Waals surface area contributed by atoms with Gasteiger partial charge in [0.1, 0.15) is 11.5 Å². The lowest BCUT2D eigenvalue weighted by atomic mass is 9.33. The maximum atomic E-state index is 14.4. The molecule has 5 heteroatoms. The number of carboxylic acid groups (broad SMARTS) is 1. The van der Waals surface area contributed by atoms with Crippen LogP contribution in [0.2, 0.25) is 0 Å². The Morgan fingerprint density at radius 3 is 2.29 bits per heavy atom. The van der Waals surface area contributed by atoms with E-state index in [4.69, 9.17) is 4.74 Å².